The first-order valence-electron chi connectivity index (χ1n) is 9.73. The van der Waals surface area contributed by atoms with Gasteiger partial charge in [-0.3, -0.25) is 4.79 Å². The van der Waals surface area contributed by atoms with Crippen molar-refractivity contribution < 1.29 is 19.4 Å². The number of aliphatic carboxylic acids is 1. The van der Waals surface area contributed by atoms with E-state index in [1.165, 1.54) is 0 Å². The van der Waals surface area contributed by atoms with E-state index in [0.29, 0.717) is 5.56 Å². The van der Waals surface area contributed by atoms with Crippen LogP contribution in [0.15, 0.2) is 66.7 Å². The van der Waals surface area contributed by atoms with Crippen molar-refractivity contribution in [3.63, 3.8) is 0 Å². The number of benzene rings is 3. The minimum atomic E-state index is -1.10. The van der Waals surface area contributed by atoms with Crippen molar-refractivity contribution in [2.75, 3.05) is 6.61 Å². The molecule has 0 saturated carbocycles. The van der Waals surface area contributed by atoms with Crippen LogP contribution in [0.1, 0.15) is 35.1 Å². The smallest absolute Gasteiger partial charge is 0.407 e. The largest absolute Gasteiger partial charge is 0.481 e. The molecule has 1 atom stereocenters. The molecule has 158 valence electrons. The number of alkyl carbamates (subject to hydrolysis) is 1. The Kier molecular flexibility index (Phi) is 6.16. The van der Waals surface area contributed by atoms with Crippen LogP contribution in [0, 0.1) is 0 Å². The van der Waals surface area contributed by atoms with Crippen LogP contribution >= 0.6 is 23.2 Å². The maximum atomic E-state index is 12.6. The van der Waals surface area contributed by atoms with E-state index >= 15 is 0 Å². The highest BCUT2D eigenvalue weighted by atomic mass is 35.5. The van der Waals surface area contributed by atoms with Gasteiger partial charge in [0.05, 0.1) is 12.5 Å². The summed E-state index contributed by atoms with van der Waals surface area (Å²) in [6, 6.07) is 20.0. The maximum absolute atomic E-state index is 12.6. The van der Waals surface area contributed by atoms with Crippen molar-refractivity contribution in [1.29, 1.82) is 0 Å². The van der Waals surface area contributed by atoms with Crippen LogP contribution in [0.25, 0.3) is 11.1 Å². The van der Waals surface area contributed by atoms with Crippen molar-refractivity contribution in [2.24, 2.45) is 0 Å². The van der Waals surface area contributed by atoms with E-state index in [4.69, 9.17) is 27.9 Å². The molecule has 0 heterocycles. The number of amides is 1. The van der Waals surface area contributed by atoms with E-state index in [9.17, 15) is 14.7 Å². The third-order valence-corrected chi connectivity index (χ3v) is 6.02. The highest BCUT2D eigenvalue weighted by Crippen LogP contribution is 2.44. The fourth-order valence-corrected chi connectivity index (χ4v) is 4.69. The third-order valence-electron chi connectivity index (χ3n) is 5.36. The summed E-state index contributed by atoms with van der Waals surface area (Å²) in [7, 11) is 0. The number of carboxylic acid groups (broad SMARTS) is 1. The molecule has 5 nitrogen and oxygen atoms in total. The molecule has 7 heteroatoms. The second-order valence-electron chi connectivity index (χ2n) is 7.26. The van der Waals surface area contributed by atoms with Crippen LogP contribution in [0.4, 0.5) is 4.79 Å². The molecule has 4 rings (SSSR count). The van der Waals surface area contributed by atoms with Crippen molar-refractivity contribution >= 4 is 35.3 Å². The Morgan fingerprint density at radius 2 is 1.45 bits per heavy atom. The fourth-order valence-electron chi connectivity index (χ4n) is 4.03. The molecule has 0 aliphatic heterocycles. The first kappa shape index (κ1) is 21.2. The molecule has 3 aromatic carbocycles. The van der Waals surface area contributed by atoms with E-state index in [1.807, 2.05) is 36.4 Å². The number of nitrogens with one attached hydrogen (secondary N) is 1. The van der Waals surface area contributed by atoms with Gasteiger partial charge < -0.3 is 15.2 Å². The molecule has 1 aliphatic carbocycles. The van der Waals surface area contributed by atoms with E-state index < -0.39 is 18.1 Å². The summed E-state index contributed by atoms with van der Waals surface area (Å²) < 4.78 is 5.52. The van der Waals surface area contributed by atoms with Gasteiger partial charge >= 0.3 is 12.1 Å². The Morgan fingerprint density at radius 3 is 2.00 bits per heavy atom. The monoisotopic (exact) mass is 455 g/mol. The van der Waals surface area contributed by atoms with Gasteiger partial charge in [-0.2, -0.15) is 0 Å². The summed E-state index contributed by atoms with van der Waals surface area (Å²) >= 11 is 12.4. The number of halogens is 2. The van der Waals surface area contributed by atoms with Gasteiger partial charge in [0, 0.05) is 21.5 Å². The molecule has 1 unspecified atom stereocenters. The predicted octanol–water partition coefficient (Wildman–Crippen LogP) is 6.05. The summed E-state index contributed by atoms with van der Waals surface area (Å²) in [5.41, 5.74) is 4.78. The third kappa shape index (κ3) is 4.38. The summed E-state index contributed by atoms with van der Waals surface area (Å²) in [4.78, 5) is 23.9. The standard InChI is InChI=1S/C24H19Cl2NO4/c25-19-10-5-11-20(26)23(19)21(12-22(28)29)27-24(30)31-13-18-16-8-3-1-6-14(16)15-7-2-4-9-17(15)18/h1-11,18,21H,12-13H2,(H,27,30)(H,28,29). The quantitative estimate of drug-likeness (QED) is 0.474. The Bertz CT molecular complexity index is 1080. The summed E-state index contributed by atoms with van der Waals surface area (Å²) in [6.45, 7) is 0.121. The van der Waals surface area contributed by atoms with Gasteiger partial charge in [0.2, 0.25) is 0 Å². The van der Waals surface area contributed by atoms with Crippen molar-refractivity contribution in [3.05, 3.63) is 93.5 Å². The molecule has 0 bridgehead atoms. The molecule has 2 N–H and O–H groups in total. The molecule has 0 fully saturated rings. The molecular weight excluding hydrogens is 437 g/mol. The van der Waals surface area contributed by atoms with Crippen LogP contribution in [-0.2, 0) is 9.53 Å². The van der Waals surface area contributed by atoms with E-state index in [1.54, 1.807) is 18.2 Å². The van der Waals surface area contributed by atoms with Crippen LogP contribution in [-0.4, -0.2) is 23.8 Å². The lowest BCUT2D eigenvalue weighted by Crippen LogP contribution is -2.32. The molecule has 0 spiro atoms. The van der Waals surface area contributed by atoms with Gasteiger partial charge in [-0.25, -0.2) is 4.79 Å². The Balaban J connectivity index is 1.51. The molecule has 31 heavy (non-hydrogen) atoms. The number of rotatable bonds is 6. The zero-order chi connectivity index (χ0) is 22.0. The van der Waals surface area contributed by atoms with Crippen molar-refractivity contribution in [1.82, 2.24) is 5.32 Å². The zero-order valence-corrected chi connectivity index (χ0v) is 17.9. The second-order valence-corrected chi connectivity index (χ2v) is 8.07. The van der Waals surface area contributed by atoms with Crippen molar-refractivity contribution in [3.8, 4) is 11.1 Å². The number of carbonyl (C=O) groups excluding carboxylic acids is 1. The zero-order valence-electron chi connectivity index (χ0n) is 16.3. The minimum Gasteiger partial charge on any atom is -0.481 e. The summed E-state index contributed by atoms with van der Waals surface area (Å²) in [6.07, 6.45) is -1.11. The Hall–Kier alpha value is -3.02. The lowest BCUT2D eigenvalue weighted by Gasteiger charge is -2.21. The van der Waals surface area contributed by atoms with Crippen molar-refractivity contribution in [2.45, 2.75) is 18.4 Å². The van der Waals surface area contributed by atoms with Gasteiger partial charge in [0.1, 0.15) is 6.61 Å². The Morgan fingerprint density at radius 1 is 0.903 bits per heavy atom. The van der Waals surface area contributed by atoms with Gasteiger partial charge in [-0.05, 0) is 34.4 Å². The van der Waals surface area contributed by atoms with E-state index in [-0.39, 0.29) is 29.0 Å². The molecule has 0 radical (unpaired) electrons. The maximum Gasteiger partial charge on any atom is 0.407 e. The first-order valence-corrected chi connectivity index (χ1v) is 10.5. The normalized spacial score (nSPS) is 13.2. The molecule has 0 saturated heterocycles. The average Bonchev–Trinajstić information content (AvgIpc) is 3.05. The lowest BCUT2D eigenvalue weighted by molar-refractivity contribution is -0.137. The highest BCUT2D eigenvalue weighted by molar-refractivity contribution is 6.36. The van der Waals surface area contributed by atoms with Crippen LogP contribution in [0.2, 0.25) is 10.0 Å². The SMILES string of the molecule is O=C(O)CC(NC(=O)OCC1c2ccccc2-c2ccccc21)c1c(Cl)cccc1Cl. The average molecular weight is 456 g/mol. The first-order chi connectivity index (χ1) is 15.0. The number of carbonyl (C=O) groups is 2. The second kappa shape index (κ2) is 9.00. The summed E-state index contributed by atoms with van der Waals surface area (Å²) in [5.74, 6) is -1.19. The van der Waals surface area contributed by atoms with E-state index in [0.717, 1.165) is 22.3 Å². The van der Waals surface area contributed by atoms with Gasteiger partial charge in [0.15, 0.2) is 0 Å². The lowest BCUT2D eigenvalue weighted by atomic mass is 9.98. The highest BCUT2D eigenvalue weighted by Gasteiger charge is 2.30. The molecule has 3 aromatic rings. The van der Waals surface area contributed by atoms with Crippen LogP contribution < -0.4 is 5.32 Å². The Labute approximate surface area is 189 Å². The molecular formula is C24H19Cl2NO4. The number of hydrogen-bond donors (Lipinski definition) is 2. The summed E-state index contributed by atoms with van der Waals surface area (Å²) in [5, 5.41) is 12.4. The number of ether oxygens (including phenoxy) is 1. The predicted molar refractivity (Wildman–Crippen MR) is 120 cm³/mol. The van der Waals surface area contributed by atoms with Gasteiger partial charge in [-0.1, -0.05) is 77.8 Å². The van der Waals surface area contributed by atoms with Crippen LogP contribution in [0.5, 0.6) is 0 Å². The van der Waals surface area contributed by atoms with Gasteiger partial charge in [-0.15, -0.1) is 0 Å². The minimum absolute atomic E-state index is 0.0972. The number of hydrogen-bond acceptors (Lipinski definition) is 3. The van der Waals surface area contributed by atoms with E-state index in [2.05, 4.69) is 17.4 Å². The molecule has 1 amide bonds. The molecule has 1 aliphatic rings. The fraction of sp³-hybridized carbons (Fsp3) is 0.167. The number of fused-ring (bicyclic) bond motifs is 3. The number of carboxylic acids is 1. The van der Waals surface area contributed by atoms with Crippen LogP contribution in [0.3, 0.4) is 0 Å². The molecule has 0 aromatic heterocycles. The van der Waals surface area contributed by atoms with Gasteiger partial charge in [0.25, 0.3) is 0 Å². The topological polar surface area (TPSA) is 75.6 Å².